The van der Waals surface area contributed by atoms with E-state index in [9.17, 15) is 14.4 Å². The van der Waals surface area contributed by atoms with Crippen LogP contribution in [0.15, 0.2) is 60.7 Å². The van der Waals surface area contributed by atoms with Gasteiger partial charge in [0, 0.05) is 7.05 Å². The maximum absolute atomic E-state index is 12.5. The number of unbranched alkanes of at least 4 members (excludes halogenated alkanes) is 1. The molecule has 0 spiro atoms. The predicted octanol–water partition coefficient (Wildman–Crippen LogP) is 3.44. The molecule has 2 N–H and O–H groups in total. The van der Waals surface area contributed by atoms with Gasteiger partial charge in [-0.3, -0.25) is 4.79 Å². The van der Waals surface area contributed by atoms with Gasteiger partial charge in [0.1, 0.15) is 6.61 Å². The van der Waals surface area contributed by atoms with E-state index in [1.165, 1.54) is 7.05 Å². The molecule has 7 heteroatoms. The second-order valence-electron chi connectivity index (χ2n) is 6.76. The number of hydrogen-bond donors (Lipinski definition) is 2. The molecule has 2 rings (SSSR count). The summed E-state index contributed by atoms with van der Waals surface area (Å²) in [6.45, 7) is 2.09. The molecule has 0 fully saturated rings. The minimum atomic E-state index is -1.18. The number of esters is 1. The fourth-order valence-electron chi connectivity index (χ4n) is 2.86. The number of carbonyl (C=O) groups is 3. The van der Waals surface area contributed by atoms with Crippen LogP contribution in [0.1, 0.15) is 42.1 Å². The standard InChI is InChI=1S/C23H28N2O5/c1-3-4-15-19(25-23(28)29-16-17-11-7-5-8-12-17)20(21(26)24-2)30-22(27)18-13-9-6-10-14-18/h5-14,19-20H,3-4,15-16H2,1-2H3,(H,24,26)(H,25,28)/t19-,20?/m0/s1. The Balaban J connectivity index is 2.09. The highest BCUT2D eigenvalue weighted by molar-refractivity contribution is 5.92. The van der Waals surface area contributed by atoms with Crippen LogP contribution in [0, 0.1) is 0 Å². The van der Waals surface area contributed by atoms with E-state index in [4.69, 9.17) is 9.47 Å². The van der Waals surface area contributed by atoms with Crippen LogP contribution in [0.25, 0.3) is 0 Å². The third kappa shape index (κ3) is 7.24. The number of amides is 2. The van der Waals surface area contributed by atoms with E-state index in [0.717, 1.165) is 18.4 Å². The number of nitrogens with one attached hydrogen (secondary N) is 2. The van der Waals surface area contributed by atoms with Crippen molar-refractivity contribution in [3.05, 3.63) is 71.8 Å². The van der Waals surface area contributed by atoms with Gasteiger partial charge >= 0.3 is 12.1 Å². The van der Waals surface area contributed by atoms with Gasteiger partial charge in [-0.1, -0.05) is 68.3 Å². The summed E-state index contributed by atoms with van der Waals surface area (Å²) in [5.41, 5.74) is 1.17. The number of carbonyl (C=O) groups excluding carboxylic acids is 3. The first kappa shape index (κ1) is 22.9. The van der Waals surface area contributed by atoms with Crippen LogP contribution < -0.4 is 10.6 Å². The number of likely N-dealkylation sites (N-methyl/N-ethyl adjacent to an activating group) is 1. The Morgan fingerprint density at radius 1 is 0.967 bits per heavy atom. The molecule has 0 radical (unpaired) electrons. The van der Waals surface area contributed by atoms with Crippen LogP contribution >= 0.6 is 0 Å². The normalized spacial score (nSPS) is 12.3. The molecule has 0 saturated heterocycles. The fourth-order valence-corrected chi connectivity index (χ4v) is 2.86. The summed E-state index contributed by atoms with van der Waals surface area (Å²) in [5, 5.41) is 5.20. The van der Waals surface area contributed by atoms with Gasteiger partial charge in [0.2, 0.25) is 6.10 Å². The van der Waals surface area contributed by atoms with Crippen LogP contribution in [-0.4, -0.2) is 37.2 Å². The smallest absolute Gasteiger partial charge is 0.407 e. The van der Waals surface area contributed by atoms with E-state index >= 15 is 0 Å². The first-order valence-electron chi connectivity index (χ1n) is 10.00. The molecular formula is C23H28N2O5. The molecule has 0 aliphatic heterocycles. The fraction of sp³-hybridized carbons (Fsp3) is 0.348. The Bertz CT molecular complexity index is 811. The van der Waals surface area contributed by atoms with Crippen molar-refractivity contribution in [2.24, 2.45) is 0 Å². The summed E-state index contributed by atoms with van der Waals surface area (Å²) in [7, 11) is 1.45. The largest absolute Gasteiger partial charge is 0.446 e. The molecule has 1 unspecified atom stereocenters. The SMILES string of the molecule is CCCC[C@H](NC(=O)OCc1ccccc1)C(OC(=O)c1ccccc1)C(=O)NC. The van der Waals surface area contributed by atoms with Gasteiger partial charge in [-0.15, -0.1) is 0 Å². The van der Waals surface area contributed by atoms with Gasteiger partial charge in [0.15, 0.2) is 0 Å². The molecule has 0 saturated carbocycles. The van der Waals surface area contributed by atoms with Crippen LogP contribution in [0.3, 0.4) is 0 Å². The maximum Gasteiger partial charge on any atom is 0.407 e. The van der Waals surface area contributed by atoms with Gasteiger partial charge < -0.3 is 20.1 Å². The lowest BCUT2D eigenvalue weighted by Crippen LogP contribution is -2.52. The number of alkyl carbamates (subject to hydrolysis) is 1. The van der Waals surface area contributed by atoms with E-state index in [-0.39, 0.29) is 6.61 Å². The van der Waals surface area contributed by atoms with E-state index in [1.807, 2.05) is 37.3 Å². The highest BCUT2D eigenvalue weighted by Crippen LogP contribution is 2.13. The monoisotopic (exact) mass is 412 g/mol. The number of rotatable bonds is 10. The highest BCUT2D eigenvalue weighted by Gasteiger charge is 2.33. The summed E-state index contributed by atoms with van der Waals surface area (Å²) in [4.78, 5) is 37.3. The molecule has 0 bridgehead atoms. The zero-order valence-corrected chi connectivity index (χ0v) is 17.3. The van der Waals surface area contributed by atoms with Crippen molar-refractivity contribution in [2.75, 3.05) is 7.05 Å². The Labute approximate surface area is 176 Å². The quantitative estimate of drug-likeness (QED) is 0.583. The van der Waals surface area contributed by atoms with Crippen LogP contribution in [0.2, 0.25) is 0 Å². The van der Waals surface area contributed by atoms with Gasteiger partial charge in [0.05, 0.1) is 11.6 Å². The van der Waals surface area contributed by atoms with Crippen molar-refractivity contribution in [1.29, 1.82) is 0 Å². The van der Waals surface area contributed by atoms with E-state index in [0.29, 0.717) is 12.0 Å². The van der Waals surface area contributed by atoms with Gasteiger partial charge in [-0.2, -0.15) is 0 Å². The maximum atomic E-state index is 12.5. The van der Waals surface area contributed by atoms with Crippen molar-refractivity contribution in [3.8, 4) is 0 Å². The Morgan fingerprint density at radius 2 is 1.60 bits per heavy atom. The third-order valence-corrected chi connectivity index (χ3v) is 4.50. The Kier molecular flexibility index (Phi) is 9.37. The lowest BCUT2D eigenvalue weighted by atomic mass is 10.0. The van der Waals surface area contributed by atoms with Crippen molar-refractivity contribution < 1.29 is 23.9 Å². The molecule has 2 atom stereocenters. The molecule has 0 heterocycles. The van der Waals surface area contributed by atoms with Crippen LogP contribution in [-0.2, 0) is 20.9 Å². The summed E-state index contributed by atoms with van der Waals surface area (Å²) < 4.78 is 10.8. The molecule has 0 aliphatic carbocycles. The molecule has 30 heavy (non-hydrogen) atoms. The summed E-state index contributed by atoms with van der Waals surface area (Å²) >= 11 is 0. The Morgan fingerprint density at radius 3 is 2.20 bits per heavy atom. The molecule has 7 nitrogen and oxygen atoms in total. The van der Waals surface area contributed by atoms with Crippen molar-refractivity contribution in [3.63, 3.8) is 0 Å². The first-order valence-corrected chi connectivity index (χ1v) is 10.00. The lowest BCUT2D eigenvalue weighted by Gasteiger charge is -2.26. The topological polar surface area (TPSA) is 93.7 Å². The molecule has 2 aromatic carbocycles. The zero-order valence-electron chi connectivity index (χ0n) is 17.3. The average molecular weight is 412 g/mol. The van der Waals surface area contributed by atoms with Crippen molar-refractivity contribution >= 4 is 18.0 Å². The van der Waals surface area contributed by atoms with E-state index in [2.05, 4.69) is 10.6 Å². The summed E-state index contributed by atoms with van der Waals surface area (Å²) in [6, 6.07) is 16.9. The van der Waals surface area contributed by atoms with Crippen molar-refractivity contribution in [2.45, 2.75) is 44.9 Å². The third-order valence-electron chi connectivity index (χ3n) is 4.50. The van der Waals surface area contributed by atoms with Crippen LogP contribution in [0.5, 0.6) is 0 Å². The summed E-state index contributed by atoms with van der Waals surface area (Å²) in [6.07, 6.45) is 0.185. The van der Waals surface area contributed by atoms with Crippen molar-refractivity contribution in [1.82, 2.24) is 10.6 Å². The minimum Gasteiger partial charge on any atom is -0.446 e. The van der Waals surface area contributed by atoms with Crippen LogP contribution in [0.4, 0.5) is 4.79 Å². The number of benzene rings is 2. The van der Waals surface area contributed by atoms with Gasteiger partial charge in [-0.25, -0.2) is 9.59 Å². The predicted molar refractivity (Wildman–Crippen MR) is 113 cm³/mol. The molecule has 0 aliphatic rings. The number of hydrogen-bond acceptors (Lipinski definition) is 5. The van der Waals surface area contributed by atoms with Gasteiger partial charge in [-0.05, 0) is 24.1 Å². The number of ether oxygens (including phenoxy) is 2. The molecule has 2 aromatic rings. The second kappa shape index (κ2) is 12.3. The van der Waals surface area contributed by atoms with E-state index < -0.39 is 30.1 Å². The molecule has 0 aromatic heterocycles. The molecule has 2 amide bonds. The molecule has 160 valence electrons. The molecular weight excluding hydrogens is 384 g/mol. The Hall–Kier alpha value is -3.35. The van der Waals surface area contributed by atoms with E-state index in [1.54, 1.807) is 30.3 Å². The van der Waals surface area contributed by atoms with Gasteiger partial charge in [0.25, 0.3) is 5.91 Å². The first-order chi connectivity index (χ1) is 14.5. The lowest BCUT2D eigenvalue weighted by molar-refractivity contribution is -0.131. The average Bonchev–Trinajstić information content (AvgIpc) is 2.79. The minimum absolute atomic E-state index is 0.0988. The zero-order chi connectivity index (χ0) is 21.8. The summed E-state index contributed by atoms with van der Waals surface area (Å²) in [5.74, 6) is -1.13. The highest BCUT2D eigenvalue weighted by atomic mass is 16.6. The second-order valence-corrected chi connectivity index (χ2v) is 6.76.